The first-order valence-corrected chi connectivity index (χ1v) is 26.7. The Kier molecular flexibility index (Phi) is 45.7. The average molecular weight is 849 g/mol. The highest BCUT2D eigenvalue weighted by Gasteiger charge is 2.19. The van der Waals surface area contributed by atoms with Crippen LogP contribution in [-0.4, -0.2) is 37.2 Å². The van der Waals surface area contributed by atoms with Crippen LogP contribution in [0.3, 0.4) is 0 Å². The van der Waals surface area contributed by atoms with Crippen molar-refractivity contribution in [1.29, 1.82) is 0 Å². The van der Waals surface area contributed by atoms with E-state index in [4.69, 9.17) is 14.2 Å². The molecule has 0 aliphatic carbocycles. The highest BCUT2D eigenvalue weighted by Crippen LogP contribution is 2.18. The zero-order valence-corrected chi connectivity index (χ0v) is 41.1. The van der Waals surface area contributed by atoms with Gasteiger partial charge >= 0.3 is 17.9 Å². The molecule has 0 aromatic carbocycles. The van der Waals surface area contributed by atoms with Crippen molar-refractivity contribution in [2.75, 3.05) is 13.2 Å². The van der Waals surface area contributed by atoms with E-state index >= 15 is 0 Å². The summed E-state index contributed by atoms with van der Waals surface area (Å²) in [5.41, 5.74) is 0. The second-order valence-electron chi connectivity index (χ2n) is 19.5. The minimum Gasteiger partial charge on any atom is -0.462 e. The van der Waals surface area contributed by atoms with E-state index in [-0.39, 0.29) is 31.1 Å². The fourth-order valence-electron chi connectivity index (χ4n) is 8.17. The van der Waals surface area contributed by atoms with Crippen molar-refractivity contribution in [1.82, 2.24) is 0 Å². The molecule has 0 aliphatic heterocycles. The van der Waals surface area contributed by atoms with E-state index in [1.54, 1.807) is 0 Å². The minimum absolute atomic E-state index is 0.0633. The minimum atomic E-state index is -0.761. The quantitative estimate of drug-likeness (QED) is 0.0345. The van der Waals surface area contributed by atoms with Crippen molar-refractivity contribution in [3.8, 4) is 0 Å². The number of unbranched alkanes of at least 4 members (excludes halogenated alkanes) is 33. The maximum Gasteiger partial charge on any atom is 0.306 e. The Morgan fingerprint density at radius 1 is 0.317 bits per heavy atom. The molecule has 356 valence electrons. The van der Waals surface area contributed by atoms with Gasteiger partial charge in [0.2, 0.25) is 0 Å². The predicted octanol–water partition coefficient (Wildman–Crippen LogP) is 17.3. The van der Waals surface area contributed by atoms with Crippen LogP contribution in [0.5, 0.6) is 0 Å². The van der Waals surface area contributed by atoms with Crippen molar-refractivity contribution >= 4 is 17.9 Å². The average Bonchev–Trinajstić information content (AvgIpc) is 3.22. The first-order chi connectivity index (χ1) is 29.2. The van der Waals surface area contributed by atoms with Crippen LogP contribution < -0.4 is 0 Å². The summed E-state index contributed by atoms with van der Waals surface area (Å²) < 4.78 is 16.8. The van der Waals surface area contributed by atoms with Gasteiger partial charge in [0.05, 0.1) is 0 Å². The van der Waals surface area contributed by atoms with Gasteiger partial charge in [-0.3, -0.25) is 14.4 Å². The van der Waals surface area contributed by atoms with Crippen molar-refractivity contribution in [3.05, 3.63) is 0 Å². The highest BCUT2D eigenvalue weighted by atomic mass is 16.6. The van der Waals surface area contributed by atoms with Gasteiger partial charge in [-0.15, -0.1) is 0 Å². The summed E-state index contributed by atoms with van der Waals surface area (Å²) in [7, 11) is 0. The van der Waals surface area contributed by atoms with E-state index in [1.807, 2.05) is 0 Å². The standard InChI is InChI=1S/C54H104O6/c1-6-7-8-9-10-11-17-24-29-34-39-44-52(55)58-47-51(60-54(57)46-41-36-31-26-21-16-15-19-23-28-33-38-43-50(4)5)48-59-53(56)45-40-35-30-25-20-14-12-13-18-22-27-32-37-42-49(2)3/h49-51H,6-48H2,1-5H3/t51-/m0/s1. The second-order valence-corrected chi connectivity index (χ2v) is 19.5. The van der Waals surface area contributed by atoms with Gasteiger partial charge in [-0.2, -0.15) is 0 Å². The van der Waals surface area contributed by atoms with Gasteiger partial charge in [0, 0.05) is 19.3 Å². The van der Waals surface area contributed by atoms with Gasteiger partial charge < -0.3 is 14.2 Å². The Labute approximate surface area is 374 Å². The maximum absolute atomic E-state index is 12.8. The zero-order valence-electron chi connectivity index (χ0n) is 41.1. The molecule has 6 nitrogen and oxygen atoms in total. The summed E-state index contributed by atoms with van der Waals surface area (Å²) in [6, 6.07) is 0. The molecule has 0 aromatic rings. The van der Waals surface area contributed by atoms with Crippen LogP contribution in [0.4, 0.5) is 0 Å². The lowest BCUT2D eigenvalue weighted by atomic mass is 10.0. The lowest BCUT2D eigenvalue weighted by Gasteiger charge is -2.18. The number of hydrogen-bond donors (Lipinski definition) is 0. The van der Waals surface area contributed by atoms with E-state index < -0.39 is 6.10 Å². The van der Waals surface area contributed by atoms with Gasteiger partial charge in [-0.25, -0.2) is 0 Å². The lowest BCUT2D eigenvalue weighted by Crippen LogP contribution is -2.30. The van der Waals surface area contributed by atoms with Crippen LogP contribution >= 0.6 is 0 Å². The third kappa shape index (κ3) is 47.5. The zero-order chi connectivity index (χ0) is 44.0. The number of hydrogen-bond acceptors (Lipinski definition) is 6. The van der Waals surface area contributed by atoms with Crippen LogP contribution in [0.25, 0.3) is 0 Å². The van der Waals surface area contributed by atoms with Crippen molar-refractivity contribution < 1.29 is 28.6 Å². The van der Waals surface area contributed by atoms with Crippen LogP contribution in [0.15, 0.2) is 0 Å². The normalized spacial score (nSPS) is 12.1. The molecule has 0 spiro atoms. The monoisotopic (exact) mass is 849 g/mol. The third-order valence-electron chi connectivity index (χ3n) is 12.2. The Balaban J connectivity index is 4.29. The van der Waals surface area contributed by atoms with E-state index in [9.17, 15) is 14.4 Å². The fourth-order valence-corrected chi connectivity index (χ4v) is 8.17. The smallest absolute Gasteiger partial charge is 0.306 e. The van der Waals surface area contributed by atoms with E-state index in [0.29, 0.717) is 19.3 Å². The fraction of sp³-hybridized carbons (Fsp3) is 0.944. The Hall–Kier alpha value is -1.59. The van der Waals surface area contributed by atoms with E-state index in [2.05, 4.69) is 34.6 Å². The molecule has 0 aromatic heterocycles. The predicted molar refractivity (Wildman–Crippen MR) is 256 cm³/mol. The topological polar surface area (TPSA) is 78.9 Å². The molecule has 6 heteroatoms. The van der Waals surface area contributed by atoms with Crippen LogP contribution in [-0.2, 0) is 28.6 Å². The third-order valence-corrected chi connectivity index (χ3v) is 12.2. The summed E-state index contributed by atoms with van der Waals surface area (Å²) in [4.78, 5) is 38.0. The molecule has 0 fully saturated rings. The number of carbonyl (C=O) groups is 3. The number of ether oxygens (including phenoxy) is 3. The maximum atomic E-state index is 12.8. The molecule has 0 bridgehead atoms. The largest absolute Gasteiger partial charge is 0.462 e. The van der Waals surface area contributed by atoms with Crippen LogP contribution in [0.1, 0.15) is 298 Å². The first kappa shape index (κ1) is 58.4. The molecule has 0 radical (unpaired) electrons. The molecule has 0 rings (SSSR count). The number of carbonyl (C=O) groups excluding carboxylic acids is 3. The summed E-state index contributed by atoms with van der Waals surface area (Å²) in [6.45, 7) is 11.4. The molecular weight excluding hydrogens is 745 g/mol. The molecule has 0 unspecified atom stereocenters. The van der Waals surface area contributed by atoms with Crippen molar-refractivity contribution in [2.24, 2.45) is 11.8 Å². The van der Waals surface area contributed by atoms with Crippen molar-refractivity contribution in [3.63, 3.8) is 0 Å². The Bertz CT molecular complexity index is 916. The SMILES string of the molecule is CCCCCCCCCCCCCC(=O)OC[C@@H](COC(=O)CCCCCCCCCCCCCCCC(C)C)OC(=O)CCCCCCCCCCCCCCC(C)C. The molecule has 0 aliphatic rings. The van der Waals surface area contributed by atoms with Crippen LogP contribution in [0, 0.1) is 11.8 Å². The second kappa shape index (κ2) is 46.9. The highest BCUT2D eigenvalue weighted by molar-refractivity contribution is 5.71. The molecule has 0 saturated heterocycles. The number of esters is 3. The molecule has 1 atom stereocenters. The molecular formula is C54H104O6. The van der Waals surface area contributed by atoms with Gasteiger partial charge in [0.15, 0.2) is 6.10 Å². The van der Waals surface area contributed by atoms with E-state index in [0.717, 1.165) is 69.6 Å². The summed E-state index contributed by atoms with van der Waals surface area (Å²) in [5, 5.41) is 0. The molecule has 0 amide bonds. The molecule has 0 N–H and O–H groups in total. The van der Waals surface area contributed by atoms with Gasteiger partial charge in [0.1, 0.15) is 13.2 Å². The van der Waals surface area contributed by atoms with Crippen molar-refractivity contribution in [2.45, 2.75) is 304 Å². The van der Waals surface area contributed by atoms with Crippen LogP contribution in [0.2, 0.25) is 0 Å². The Morgan fingerprint density at radius 3 is 0.817 bits per heavy atom. The number of rotatable bonds is 48. The lowest BCUT2D eigenvalue weighted by molar-refractivity contribution is -0.167. The first-order valence-electron chi connectivity index (χ1n) is 26.7. The summed E-state index contributed by atoms with van der Waals surface area (Å²) >= 11 is 0. The van der Waals surface area contributed by atoms with Gasteiger partial charge in [-0.1, -0.05) is 259 Å². The van der Waals surface area contributed by atoms with E-state index in [1.165, 1.54) is 186 Å². The van der Waals surface area contributed by atoms with Gasteiger partial charge in [0.25, 0.3) is 0 Å². The summed E-state index contributed by atoms with van der Waals surface area (Å²) in [5.74, 6) is 0.826. The molecule has 60 heavy (non-hydrogen) atoms. The van der Waals surface area contributed by atoms with Gasteiger partial charge in [-0.05, 0) is 31.1 Å². The molecule has 0 heterocycles. The Morgan fingerprint density at radius 2 is 0.550 bits per heavy atom. The molecule has 0 saturated carbocycles. The summed E-state index contributed by atoms with van der Waals surface area (Å²) in [6.07, 6.45) is 48.0.